The van der Waals surface area contributed by atoms with Crippen molar-refractivity contribution in [1.29, 1.82) is 0 Å². The second-order valence-electron chi connectivity index (χ2n) is 6.83. The molecule has 1 fully saturated rings. The van der Waals surface area contributed by atoms with Gasteiger partial charge in [0.2, 0.25) is 5.91 Å². The lowest BCUT2D eigenvalue weighted by Gasteiger charge is -1.98. The van der Waals surface area contributed by atoms with E-state index in [-0.39, 0.29) is 5.91 Å². The van der Waals surface area contributed by atoms with Crippen LogP contribution >= 0.6 is 0 Å². The molecule has 4 nitrogen and oxygen atoms in total. The van der Waals surface area contributed by atoms with E-state index in [0.29, 0.717) is 6.42 Å². The van der Waals surface area contributed by atoms with Crippen molar-refractivity contribution >= 4 is 11.9 Å². The van der Waals surface area contributed by atoms with Crippen molar-refractivity contribution in [3.63, 3.8) is 0 Å². The lowest BCUT2D eigenvalue weighted by molar-refractivity contribution is -0.137. The van der Waals surface area contributed by atoms with E-state index in [0.717, 1.165) is 45.1 Å². The summed E-state index contributed by atoms with van der Waals surface area (Å²) in [6.07, 6.45) is 24.0. The standard InChI is InChI=1S/C18H32O2.C4H7NO/c1-2-3-4-5-6-7-8-9-10-11-12-13-14-15-16-17-18(19)20;6-4-2-1-3-5-4/h6-7,9-10H,2-5,8,11-17H2,1H3,(H,19,20);1-3H2,(H,5,6)/b7-6-,10-9-;. The Morgan fingerprint density at radius 1 is 0.962 bits per heavy atom. The first-order chi connectivity index (χ1) is 12.7. The van der Waals surface area contributed by atoms with Gasteiger partial charge < -0.3 is 10.4 Å². The number of carbonyl (C=O) groups excluding carboxylic acids is 1. The summed E-state index contributed by atoms with van der Waals surface area (Å²) in [7, 11) is 0. The van der Waals surface area contributed by atoms with Crippen molar-refractivity contribution in [2.45, 2.75) is 96.8 Å². The summed E-state index contributed by atoms with van der Waals surface area (Å²) in [5, 5.41) is 11.2. The number of carboxylic acids is 1. The number of nitrogens with one attached hydrogen (secondary N) is 1. The molecule has 1 heterocycles. The zero-order valence-electron chi connectivity index (χ0n) is 16.7. The van der Waals surface area contributed by atoms with Crippen LogP contribution in [-0.2, 0) is 9.59 Å². The Kier molecular flexibility index (Phi) is 18.5. The molecule has 1 rings (SSSR count). The molecule has 0 saturated carbocycles. The van der Waals surface area contributed by atoms with Crippen molar-refractivity contribution in [1.82, 2.24) is 5.32 Å². The minimum atomic E-state index is -0.671. The van der Waals surface area contributed by atoms with Crippen LogP contribution in [0.3, 0.4) is 0 Å². The first-order valence-electron chi connectivity index (χ1n) is 10.4. The van der Waals surface area contributed by atoms with Crippen molar-refractivity contribution < 1.29 is 14.7 Å². The lowest BCUT2D eigenvalue weighted by Crippen LogP contribution is -2.12. The Labute approximate surface area is 160 Å². The molecule has 0 aliphatic carbocycles. The number of aliphatic carboxylic acids is 1. The second kappa shape index (κ2) is 19.7. The molecule has 0 bridgehead atoms. The predicted octanol–water partition coefficient (Wildman–Crippen LogP) is 5.78. The predicted molar refractivity (Wildman–Crippen MR) is 109 cm³/mol. The number of hydrogen-bond acceptors (Lipinski definition) is 2. The maximum atomic E-state index is 10.3. The summed E-state index contributed by atoms with van der Waals surface area (Å²) in [4.78, 5) is 20.5. The third-order valence-electron chi connectivity index (χ3n) is 4.24. The van der Waals surface area contributed by atoms with E-state index in [1.165, 1.54) is 44.9 Å². The summed E-state index contributed by atoms with van der Waals surface area (Å²) < 4.78 is 0. The van der Waals surface area contributed by atoms with Crippen LogP contribution < -0.4 is 5.32 Å². The molecule has 1 aliphatic heterocycles. The molecule has 1 saturated heterocycles. The van der Waals surface area contributed by atoms with Crippen LogP contribution in [-0.4, -0.2) is 23.5 Å². The summed E-state index contributed by atoms with van der Waals surface area (Å²) in [6.45, 7) is 3.12. The molecule has 0 spiro atoms. The van der Waals surface area contributed by atoms with Crippen LogP contribution in [0.15, 0.2) is 24.3 Å². The number of carbonyl (C=O) groups is 2. The van der Waals surface area contributed by atoms with E-state index in [9.17, 15) is 9.59 Å². The third kappa shape index (κ3) is 20.5. The highest BCUT2D eigenvalue weighted by Gasteiger charge is 2.05. The Bertz CT molecular complexity index is 394. The van der Waals surface area contributed by atoms with Crippen molar-refractivity contribution in [3.05, 3.63) is 24.3 Å². The van der Waals surface area contributed by atoms with Gasteiger partial charge in [0.15, 0.2) is 0 Å². The van der Waals surface area contributed by atoms with Crippen molar-refractivity contribution in [2.75, 3.05) is 6.54 Å². The minimum absolute atomic E-state index is 0.204. The maximum absolute atomic E-state index is 10.3. The lowest BCUT2D eigenvalue weighted by atomic mass is 10.1. The molecule has 0 aromatic heterocycles. The summed E-state index contributed by atoms with van der Waals surface area (Å²) in [5.41, 5.74) is 0. The normalized spacial score (nSPS) is 13.8. The molecular formula is C22H39NO3. The highest BCUT2D eigenvalue weighted by atomic mass is 16.4. The van der Waals surface area contributed by atoms with E-state index in [4.69, 9.17) is 5.11 Å². The fourth-order valence-corrected chi connectivity index (χ4v) is 2.65. The first-order valence-corrected chi connectivity index (χ1v) is 10.4. The highest BCUT2D eigenvalue weighted by molar-refractivity contribution is 5.77. The van der Waals surface area contributed by atoms with Crippen molar-refractivity contribution in [2.24, 2.45) is 0 Å². The average Bonchev–Trinajstić information content (AvgIpc) is 3.09. The SMILES string of the molecule is CCCCC/C=C\C/C=C\CCCCCCCC(=O)O.O=C1CCCN1. The van der Waals surface area contributed by atoms with Crippen LogP contribution in [0, 0.1) is 0 Å². The Hall–Kier alpha value is -1.58. The first kappa shape index (κ1) is 24.4. The van der Waals surface area contributed by atoms with Crippen LogP contribution in [0.5, 0.6) is 0 Å². The molecular weight excluding hydrogens is 326 g/mol. The average molecular weight is 366 g/mol. The molecule has 1 amide bonds. The van der Waals surface area contributed by atoms with Crippen LogP contribution in [0.25, 0.3) is 0 Å². The van der Waals surface area contributed by atoms with Crippen LogP contribution in [0.1, 0.15) is 96.8 Å². The van der Waals surface area contributed by atoms with Gasteiger partial charge in [-0.05, 0) is 44.9 Å². The van der Waals surface area contributed by atoms with Gasteiger partial charge in [0.1, 0.15) is 0 Å². The Morgan fingerprint density at radius 2 is 1.58 bits per heavy atom. The second-order valence-corrected chi connectivity index (χ2v) is 6.83. The molecule has 0 aromatic carbocycles. The molecule has 26 heavy (non-hydrogen) atoms. The van der Waals surface area contributed by atoms with Crippen molar-refractivity contribution in [3.8, 4) is 0 Å². The fraction of sp³-hybridized carbons (Fsp3) is 0.727. The minimum Gasteiger partial charge on any atom is -0.481 e. The van der Waals surface area contributed by atoms with E-state index < -0.39 is 5.97 Å². The number of allylic oxidation sites excluding steroid dienone is 4. The van der Waals surface area contributed by atoms with Gasteiger partial charge in [-0.3, -0.25) is 9.59 Å². The van der Waals surface area contributed by atoms with Crippen LogP contribution in [0.2, 0.25) is 0 Å². The highest BCUT2D eigenvalue weighted by Crippen LogP contribution is 2.08. The van der Waals surface area contributed by atoms with E-state index >= 15 is 0 Å². The molecule has 0 aromatic rings. The third-order valence-corrected chi connectivity index (χ3v) is 4.24. The fourth-order valence-electron chi connectivity index (χ4n) is 2.65. The number of unbranched alkanes of at least 4 members (excludes halogenated alkanes) is 8. The smallest absolute Gasteiger partial charge is 0.303 e. The number of hydrogen-bond donors (Lipinski definition) is 2. The zero-order valence-corrected chi connectivity index (χ0v) is 16.7. The van der Waals surface area contributed by atoms with Gasteiger partial charge >= 0.3 is 5.97 Å². The van der Waals surface area contributed by atoms with E-state index in [1.54, 1.807) is 0 Å². The molecule has 2 N–H and O–H groups in total. The topological polar surface area (TPSA) is 66.4 Å². The van der Waals surface area contributed by atoms with Crippen LogP contribution in [0.4, 0.5) is 0 Å². The van der Waals surface area contributed by atoms with E-state index in [2.05, 4.69) is 36.5 Å². The van der Waals surface area contributed by atoms with Gasteiger partial charge in [-0.25, -0.2) is 0 Å². The van der Waals surface area contributed by atoms with Gasteiger partial charge in [-0.2, -0.15) is 0 Å². The number of carboxylic acid groups (broad SMARTS) is 1. The Morgan fingerprint density at radius 3 is 2.08 bits per heavy atom. The molecule has 1 aliphatic rings. The van der Waals surface area contributed by atoms with Gasteiger partial charge in [0.05, 0.1) is 0 Å². The van der Waals surface area contributed by atoms with E-state index in [1.807, 2.05) is 0 Å². The largest absolute Gasteiger partial charge is 0.481 e. The van der Waals surface area contributed by atoms with Gasteiger partial charge in [0.25, 0.3) is 0 Å². The molecule has 4 heteroatoms. The number of rotatable bonds is 14. The monoisotopic (exact) mass is 365 g/mol. The summed E-state index contributed by atoms with van der Waals surface area (Å²) in [6, 6.07) is 0. The molecule has 150 valence electrons. The maximum Gasteiger partial charge on any atom is 0.303 e. The quantitative estimate of drug-likeness (QED) is 0.303. The zero-order chi connectivity index (χ0) is 19.3. The molecule has 0 radical (unpaired) electrons. The van der Waals surface area contributed by atoms with Gasteiger partial charge in [0, 0.05) is 19.4 Å². The summed E-state index contributed by atoms with van der Waals surface area (Å²) >= 11 is 0. The summed E-state index contributed by atoms with van der Waals surface area (Å²) in [5.74, 6) is -0.467. The Balaban J connectivity index is 0.000000867. The van der Waals surface area contributed by atoms with Gasteiger partial charge in [-0.1, -0.05) is 63.3 Å². The molecule has 0 atom stereocenters. The molecule has 0 unspecified atom stereocenters. The van der Waals surface area contributed by atoms with Gasteiger partial charge in [-0.15, -0.1) is 0 Å². The number of amides is 1.